The molecular formula is C13H18N2OS. The fraction of sp³-hybridized carbons (Fsp3) is 0.615. The third kappa shape index (κ3) is 1.70. The van der Waals surface area contributed by atoms with E-state index in [0.717, 1.165) is 30.1 Å². The Labute approximate surface area is 106 Å². The minimum Gasteiger partial charge on any atom is -0.335 e. The van der Waals surface area contributed by atoms with Crippen LogP contribution in [0, 0.1) is 18.8 Å². The molecule has 3 unspecified atom stereocenters. The molecule has 2 aliphatic rings. The third-order valence-corrected chi connectivity index (χ3v) is 5.26. The van der Waals surface area contributed by atoms with Gasteiger partial charge in [-0.15, -0.1) is 11.3 Å². The van der Waals surface area contributed by atoms with Gasteiger partial charge in [-0.05, 0) is 42.7 Å². The summed E-state index contributed by atoms with van der Waals surface area (Å²) in [5, 5.41) is 5.43. The Morgan fingerprint density at radius 1 is 1.53 bits per heavy atom. The van der Waals surface area contributed by atoms with Crippen LogP contribution in [-0.2, 0) is 0 Å². The second kappa shape index (κ2) is 4.10. The molecule has 1 amide bonds. The average molecular weight is 250 g/mol. The summed E-state index contributed by atoms with van der Waals surface area (Å²) in [7, 11) is 0. The van der Waals surface area contributed by atoms with Crippen molar-refractivity contribution >= 4 is 17.2 Å². The number of amides is 1. The van der Waals surface area contributed by atoms with Gasteiger partial charge in [-0.1, -0.05) is 0 Å². The molecule has 3 nitrogen and oxygen atoms in total. The van der Waals surface area contributed by atoms with Crippen LogP contribution < -0.4 is 5.32 Å². The van der Waals surface area contributed by atoms with Gasteiger partial charge in [0.25, 0.3) is 5.91 Å². The van der Waals surface area contributed by atoms with Crippen molar-refractivity contribution in [3.05, 3.63) is 21.9 Å². The molecular weight excluding hydrogens is 232 g/mol. The Morgan fingerprint density at radius 2 is 2.35 bits per heavy atom. The van der Waals surface area contributed by atoms with E-state index in [-0.39, 0.29) is 5.91 Å². The van der Waals surface area contributed by atoms with Crippen molar-refractivity contribution in [3.63, 3.8) is 0 Å². The fourth-order valence-corrected chi connectivity index (χ4v) is 4.04. The molecule has 1 aromatic rings. The summed E-state index contributed by atoms with van der Waals surface area (Å²) in [6.07, 6.45) is 0. The molecule has 2 aliphatic heterocycles. The summed E-state index contributed by atoms with van der Waals surface area (Å²) in [4.78, 5) is 15.5. The molecule has 2 saturated heterocycles. The highest BCUT2D eigenvalue weighted by molar-refractivity contribution is 7.12. The largest absolute Gasteiger partial charge is 0.335 e. The standard InChI is InChI=1S/C13H18N2OS/c1-8-3-4-17-12(8)13(16)15-7-10-5-14-6-11(10)9(15)2/h3-4,9-11,14H,5-7H2,1-2H3. The minimum atomic E-state index is 0.236. The number of nitrogens with zero attached hydrogens (tertiary/aromatic N) is 1. The monoisotopic (exact) mass is 250 g/mol. The molecule has 3 atom stereocenters. The number of fused-ring (bicyclic) bond motifs is 1. The molecule has 3 heterocycles. The molecule has 0 saturated carbocycles. The van der Waals surface area contributed by atoms with Crippen LogP contribution in [0.1, 0.15) is 22.2 Å². The highest BCUT2D eigenvalue weighted by atomic mass is 32.1. The molecule has 0 bridgehead atoms. The summed E-state index contributed by atoms with van der Waals surface area (Å²) in [6.45, 7) is 7.28. The normalized spacial score (nSPS) is 31.9. The Kier molecular flexibility index (Phi) is 2.71. The van der Waals surface area contributed by atoms with Crippen LogP contribution in [0.25, 0.3) is 0 Å². The molecule has 0 radical (unpaired) electrons. The van der Waals surface area contributed by atoms with E-state index in [1.807, 2.05) is 18.4 Å². The predicted molar refractivity (Wildman–Crippen MR) is 69.4 cm³/mol. The number of thiophene rings is 1. The van der Waals surface area contributed by atoms with Crippen LogP contribution in [-0.4, -0.2) is 36.5 Å². The van der Waals surface area contributed by atoms with Crippen molar-refractivity contribution in [3.8, 4) is 0 Å². The lowest BCUT2D eigenvalue weighted by Gasteiger charge is -2.24. The average Bonchev–Trinajstić information content (AvgIpc) is 2.96. The van der Waals surface area contributed by atoms with Gasteiger partial charge in [0.1, 0.15) is 0 Å². The molecule has 0 aliphatic carbocycles. The molecule has 0 aromatic carbocycles. The van der Waals surface area contributed by atoms with Crippen molar-refractivity contribution < 1.29 is 4.79 Å². The molecule has 2 fully saturated rings. The zero-order chi connectivity index (χ0) is 12.0. The number of aryl methyl sites for hydroxylation is 1. The van der Waals surface area contributed by atoms with Gasteiger partial charge in [0.05, 0.1) is 4.88 Å². The van der Waals surface area contributed by atoms with Gasteiger partial charge in [-0.25, -0.2) is 0 Å². The topological polar surface area (TPSA) is 32.3 Å². The zero-order valence-corrected chi connectivity index (χ0v) is 11.1. The lowest BCUT2D eigenvalue weighted by atomic mass is 9.95. The van der Waals surface area contributed by atoms with Crippen LogP contribution in [0.4, 0.5) is 0 Å². The van der Waals surface area contributed by atoms with E-state index in [9.17, 15) is 4.79 Å². The first kappa shape index (κ1) is 11.2. The van der Waals surface area contributed by atoms with E-state index in [1.165, 1.54) is 0 Å². The Balaban J connectivity index is 1.82. The van der Waals surface area contributed by atoms with E-state index < -0.39 is 0 Å². The first-order valence-corrected chi connectivity index (χ1v) is 7.12. The number of carbonyl (C=O) groups excluding carboxylic acids is 1. The maximum absolute atomic E-state index is 12.5. The summed E-state index contributed by atoms with van der Waals surface area (Å²) >= 11 is 1.57. The first-order chi connectivity index (χ1) is 8.18. The number of hydrogen-bond acceptors (Lipinski definition) is 3. The Morgan fingerprint density at radius 3 is 3.00 bits per heavy atom. The molecule has 1 aromatic heterocycles. The predicted octanol–water partition coefficient (Wildman–Crippen LogP) is 1.74. The van der Waals surface area contributed by atoms with Gasteiger partial charge < -0.3 is 10.2 Å². The van der Waals surface area contributed by atoms with E-state index >= 15 is 0 Å². The van der Waals surface area contributed by atoms with Crippen molar-refractivity contribution in [2.75, 3.05) is 19.6 Å². The second-order valence-electron chi connectivity index (χ2n) is 5.21. The number of rotatable bonds is 1. The molecule has 1 N–H and O–H groups in total. The molecule has 3 rings (SSSR count). The van der Waals surface area contributed by atoms with E-state index in [4.69, 9.17) is 0 Å². The second-order valence-corrected chi connectivity index (χ2v) is 6.13. The maximum atomic E-state index is 12.5. The third-order valence-electron chi connectivity index (χ3n) is 4.25. The fourth-order valence-electron chi connectivity index (χ4n) is 3.16. The van der Waals surface area contributed by atoms with Crippen LogP contribution in [0.3, 0.4) is 0 Å². The summed E-state index contributed by atoms with van der Waals surface area (Å²) < 4.78 is 0. The van der Waals surface area contributed by atoms with Crippen molar-refractivity contribution in [2.45, 2.75) is 19.9 Å². The number of carbonyl (C=O) groups is 1. The molecule has 0 spiro atoms. The van der Waals surface area contributed by atoms with Crippen molar-refractivity contribution in [2.24, 2.45) is 11.8 Å². The van der Waals surface area contributed by atoms with Gasteiger partial charge >= 0.3 is 0 Å². The van der Waals surface area contributed by atoms with Crippen LogP contribution in [0.15, 0.2) is 11.4 Å². The van der Waals surface area contributed by atoms with E-state index in [1.54, 1.807) is 11.3 Å². The lowest BCUT2D eigenvalue weighted by molar-refractivity contribution is 0.0733. The SMILES string of the molecule is Cc1ccsc1C(=O)N1CC2CNCC2C1C. The number of likely N-dealkylation sites (tertiary alicyclic amines) is 1. The van der Waals surface area contributed by atoms with Gasteiger partial charge in [-0.3, -0.25) is 4.79 Å². The summed E-state index contributed by atoms with van der Waals surface area (Å²) in [5.74, 6) is 1.55. The highest BCUT2D eigenvalue weighted by Crippen LogP contribution is 2.34. The van der Waals surface area contributed by atoms with Crippen molar-refractivity contribution in [1.29, 1.82) is 0 Å². The molecule has 92 valence electrons. The summed E-state index contributed by atoms with van der Waals surface area (Å²) in [5.41, 5.74) is 1.11. The van der Waals surface area contributed by atoms with E-state index in [0.29, 0.717) is 17.9 Å². The smallest absolute Gasteiger partial charge is 0.264 e. The summed E-state index contributed by atoms with van der Waals surface area (Å²) in [6, 6.07) is 2.41. The van der Waals surface area contributed by atoms with E-state index in [2.05, 4.69) is 17.1 Å². The highest BCUT2D eigenvalue weighted by Gasteiger charge is 2.44. The first-order valence-electron chi connectivity index (χ1n) is 6.24. The van der Waals surface area contributed by atoms with Gasteiger partial charge in [0, 0.05) is 25.7 Å². The van der Waals surface area contributed by atoms with Gasteiger partial charge in [0.15, 0.2) is 0 Å². The van der Waals surface area contributed by atoms with Gasteiger partial charge in [-0.2, -0.15) is 0 Å². The Hall–Kier alpha value is -0.870. The minimum absolute atomic E-state index is 0.236. The zero-order valence-electron chi connectivity index (χ0n) is 10.3. The van der Waals surface area contributed by atoms with Gasteiger partial charge in [0.2, 0.25) is 0 Å². The number of hydrogen-bond donors (Lipinski definition) is 1. The van der Waals surface area contributed by atoms with Crippen molar-refractivity contribution in [1.82, 2.24) is 10.2 Å². The van der Waals surface area contributed by atoms with Crippen LogP contribution in [0.5, 0.6) is 0 Å². The lowest BCUT2D eigenvalue weighted by Crippen LogP contribution is -2.37. The molecule has 17 heavy (non-hydrogen) atoms. The van der Waals surface area contributed by atoms with Crippen LogP contribution in [0.2, 0.25) is 0 Å². The quantitative estimate of drug-likeness (QED) is 0.823. The van der Waals surface area contributed by atoms with Crippen LogP contribution >= 0.6 is 11.3 Å². The maximum Gasteiger partial charge on any atom is 0.264 e. The molecule has 4 heteroatoms. The Bertz CT molecular complexity index is 442. The number of nitrogens with one attached hydrogen (secondary N) is 1.